The van der Waals surface area contributed by atoms with Crippen molar-refractivity contribution in [2.75, 3.05) is 31.4 Å². The second-order valence-electron chi connectivity index (χ2n) is 4.43. The normalized spacial score (nSPS) is 11.8. The topological polar surface area (TPSA) is 75.5 Å². The average Bonchev–Trinajstić information content (AvgIpc) is 2.44. The van der Waals surface area contributed by atoms with E-state index in [2.05, 4.69) is 5.32 Å². The highest BCUT2D eigenvalue weighted by Crippen LogP contribution is 2.28. The summed E-state index contributed by atoms with van der Waals surface area (Å²) in [5.41, 5.74) is 0.479. The number of amides is 1. The zero-order valence-electron chi connectivity index (χ0n) is 12.0. The summed E-state index contributed by atoms with van der Waals surface area (Å²) in [5, 5.41) is 13.8. The summed E-state index contributed by atoms with van der Waals surface area (Å²) in [7, 11) is 3.28. The van der Waals surface area contributed by atoms with E-state index in [0.717, 1.165) is 5.75 Å². The number of thioether (sulfide) groups is 1. The fourth-order valence-electron chi connectivity index (χ4n) is 1.88. The lowest BCUT2D eigenvalue weighted by atomic mass is 10.1. The van der Waals surface area contributed by atoms with E-state index < -0.39 is 4.92 Å². The highest BCUT2D eigenvalue weighted by Gasteiger charge is 2.24. The third kappa shape index (κ3) is 3.41. The van der Waals surface area contributed by atoms with Gasteiger partial charge in [0.25, 0.3) is 11.6 Å². The van der Waals surface area contributed by atoms with Crippen molar-refractivity contribution >= 4 is 29.0 Å². The van der Waals surface area contributed by atoms with Gasteiger partial charge in [-0.3, -0.25) is 14.9 Å². The average molecular weight is 297 g/mol. The Labute approximate surface area is 122 Å². The van der Waals surface area contributed by atoms with Gasteiger partial charge in [-0.05, 0) is 19.2 Å². The molecule has 1 aromatic carbocycles. The van der Waals surface area contributed by atoms with Gasteiger partial charge in [-0.2, -0.15) is 11.8 Å². The maximum absolute atomic E-state index is 12.5. The summed E-state index contributed by atoms with van der Waals surface area (Å²) in [5.74, 6) is 0.589. The minimum absolute atomic E-state index is 0.0569. The van der Waals surface area contributed by atoms with Gasteiger partial charge in [0.2, 0.25) is 0 Å². The molecule has 1 unspecified atom stereocenters. The van der Waals surface area contributed by atoms with Crippen LogP contribution in [0.25, 0.3) is 0 Å². The SMILES string of the molecule is CNc1c(C(=O)N(C)C(C)CSC)cccc1[N+](=O)[O-]. The van der Waals surface area contributed by atoms with Crippen molar-refractivity contribution in [3.05, 3.63) is 33.9 Å². The van der Waals surface area contributed by atoms with Crippen LogP contribution in [0.4, 0.5) is 11.4 Å². The zero-order chi connectivity index (χ0) is 15.3. The number of para-hydroxylation sites is 1. The van der Waals surface area contributed by atoms with Crippen molar-refractivity contribution in [2.45, 2.75) is 13.0 Å². The van der Waals surface area contributed by atoms with Crippen molar-refractivity contribution in [3.8, 4) is 0 Å². The van der Waals surface area contributed by atoms with Crippen LogP contribution in [-0.2, 0) is 0 Å². The predicted molar refractivity (Wildman–Crippen MR) is 82.6 cm³/mol. The number of hydrogen-bond acceptors (Lipinski definition) is 5. The van der Waals surface area contributed by atoms with E-state index in [0.29, 0.717) is 5.56 Å². The molecule has 1 atom stereocenters. The number of hydrogen-bond donors (Lipinski definition) is 1. The molecule has 0 aliphatic rings. The molecule has 0 saturated carbocycles. The van der Waals surface area contributed by atoms with Gasteiger partial charge in [-0.15, -0.1) is 0 Å². The maximum atomic E-state index is 12.5. The molecule has 0 spiro atoms. The Hall–Kier alpha value is -1.76. The molecule has 6 nitrogen and oxygen atoms in total. The molecule has 0 fully saturated rings. The molecule has 1 N–H and O–H groups in total. The Morgan fingerprint density at radius 3 is 2.70 bits per heavy atom. The molecule has 0 radical (unpaired) electrons. The highest BCUT2D eigenvalue weighted by atomic mass is 32.2. The second-order valence-corrected chi connectivity index (χ2v) is 5.34. The molecule has 1 aromatic rings. The van der Waals surface area contributed by atoms with Gasteiger partial charge in [0.1, 0.15) is 5.69 Å². The van der Waals surface area contributed by atoms with Gasteiger partial charge in [-0.1, -0.05) is 6.07 Å². The number of nitro groups is 1. The first-order valence-electron chi connectivity index (χ1n) is 6.15. The zero-order valence-corrected chi connectivity index (χ0v) is 12.9. The lowest BCUT2D eigenvalue weighted by Crippen LogP contribution is -2.37. The highest BCUT2D eigenvalue weighted by molar-refractivity contribution is 7.98. The lowest BCUT2D eigenvalue weighted by molar-refractivity contribution is -0.384. The molecule has 0 saturated heterocycles. The van der Waals surface area contributed by atoms with E-state index >= 15 is 0 Å². The van der Waals surface area contributed by atoms with Crippen molar-refractivity contribution in [1.82, 2.24) is 4.90 Å². The molecule has 110 valence electrons. The molecule has 1 rings (SSSR count). The van der Waals surface area contributed by atoms with Gasteiger partial charge in [0.05, 0.1) is 10.5 Å². The number of rotatable bonds is 6. The van der Waals surface area contributed by atoms with Crippen molar-refractivity contribution in [1.29, 1.82) is 0 Å². The molecule has 20 heavy (non-hydrogen) atoms. The van der Waals surface area contributed by atoms with Crippen LogP contribution in [-0.4, -0.2) is 47.9 Å². The first-order valence-corrected chi connectivity index (χ1v) is 7.54. The van der Waals surface area contributed by atoms with Crippen LogP contribution in [0.15, 0.2) is 18.2 Å². The van der Waals surface area contributed by atoms with Crippen LogP contribution in [0.5, 0.6) is 0 Å². The van der Waals surface area contributed by atoms with E-state index in [4.69, 9.17) is 0 Å². The fraction of sp³-hybridized carbons (Fsp3) is 0.462. The van der Waals surface area contributed by atoms with Crippen molar-refractivity contribution < 1.29 is 9.72 Å². The largest absolute Gasteiger partial charge is 0.382 e. The number of carbonyl (C=O) groups is 1. The summed E-state index contributed by atoms with van der Waals surface area (Å²) < 4.78 is 0. The summed E-state index contributed by atoms with van der Waals surface area (Å²) in [4.78, 5) is 24.6. The summed E-state index contributed by atoms with van der Waals surface area (Å²) in [6, 6.07) is 4.57. The molecular formula is C13H19N3O3S. The van der Waals surface area contributed by atoms with E-state index in [1.54, 1.807) is 36.8 Å². The molecule has 0 heterocycles. The Morgan fingerprint density at radius 2 is 2.20 bits per heavy atom. The second kappa shape index (κ2) is 7.14. The molecule has 0 aliphatic heterocycles. The van der Waals surface area contributed by atoms with Gasteiger partial charge < -0.3 is 10.2 Å². The van der Waals surface area contributed by atoms with E-state index in [9.17, 15) is 14.9 Å². The number of nitrogens with zero attached hydrogens (tertiary/aromatic N) is 2. The predicted octanol–water partition coefficient (Wildman–Crippen LogP) is 2.46. The van der Waals surface area contributed by atoms with Crippen LogP contribution in [0.1, 0.15) is 17.3 Å². The molecule has 0 aliphatic carbocycles. The Balaban J connectivity index is 3.16. The lowest BCUT2D eigenvalue weighted by Gasteiger charge is -2.25. The number of anilines is 1. The Kier molecular flexibility index (Phi) is 5.82. The summed E-state index contributed by atoms with van der Waals surface area (Å²) >= 11 is 1.65. The summed E-state index contributed by atoms with van der Waals surface area (Å²) in [6.07, 6.45) is 1.97. The van der Waals surface area contributed by atoms with Gasteiger partial charge >= 0.3 is 0 Å². The molecule has 0 aromatic heterocycles. The number of nitrogens with one attached hydrogen (secondary N) is 1. The van der Waals surface area contributed by atoms with Gasteiger partial charge in [0, 0.05) is 32.0 Å². The van der Waals surface area contributed by atoms with E-state index in [1.807, 2.05) is 13.2 Å². The number of nitro benzene ring substituents is 1. The minimum Gasteiger partial charge on any atom is -0.382 e. The smallest absolute Gasteiger partial charge is 0.293 e. The third-order valence-corrected chi connectivity index (χ3v) is 3.92. The molecule has 7 heteroatoms. The van der Waals surface area contributed by atoms with Crippen LogP contribution < -0.4 is 5.32 Å². The van der Waals surface area contributed by atoms with Crippen LogP contribution >= 0.6 is 11.8 Å². The van der Waals surface area contributed by atoms with E-state index in [1.165, 1.54) is 12.1 Å². The van der Waals surface area contributed by atoms with Gasteiger partial charge in [-0.25, -0.2) is 0 Å². The first-order chi connectivity index (χ1) is 9.43. The standard InChI is InChI=1S/C13H19N3O3S/c1-9(8-20-4)15(3)13(17)10-6-5-7-11(16(18)19)12(10)14-2/h5-7,9,14H,8H2,1-4H3. The Morgan fingerprint density at radius 1 is 1.55 bits per heavy atom. The molecule has 1 amide bonds. The quantitative estimate of drug-likeness (QED) is 0.645. The molecular weight excluding hydrogens is 278 g/mol. The monoisotopic (exact) mass is 297 g/mol. The number of carbonyl (C=O) groups excluding carboxylic acids is 1. The first kappa shape index (κ1) is 16.3. The third-order valence-electron chi connectivity index (χ3n) is 3.11. The number of benzene rings is 1. The fourth-order valence-corrected chi connectivity index (χ4v) is 2.58. The minimum atomic E-state index is -0.492. The van der Waals surface area contributed by atoms with Crippen molar-refractivity contribution in [2.24, 2.45) is 0 Å². The maximum Gasteiger partial charge on any atom is 0.293 e. The molecule has 0 bridgehead atoms. The van der Waals surface area contributed by atoms with Gasteiger partial charge in [0.15, 0.2) is 0 Å². The van der Waals surface area contributed by atoms with E-state index in [-0.39, 0.29) is 23.3 Å². The Bertz CT molecular complexity index is 508. The summed E-state index contributed by atoms with van der Waals surface area (Å²) in [6.45, 7) is 1.95. The van der Waals surface area contributed by atoms with Crippen LogP contribution in [0.2, 0.25) is 0 Å². The van der Waals surface area contributed by atoms with Crippen LogP contribution in [0, 0.1) is 10.1 Å². The van der Waals surface area contributed by atoms with Crippen molar-refractivity contribution in [3.63, 3.8) is 0 Å². The van der Waals surface area contributed by atoms with Crippen LogP contribution in [0.3, 0.4) is 0 Å².